The lowest BCUT2D eigenvalue weighted by Gasteiger charge is -2.03. The molecule has 7 aromatic rings. The number of fused-ring (bicyclic) bond motifs is 6. The van der Waals surface area contributed by atoms with Crippen LogP contribution in [0.15, 0.2) is 107 Å². The predicted octanol–water partition coefficient (Wildman–Crippen LogP) is 8.05. The molecule has 0 heterocycles. The van der Waals surface area contributed by atoms with E-state index in [0.717, 1.165) is 65.3 Å². The van der Waals surface area contributed by atoms with Crippen molar-refractivity contribution in [2.45, 2.75) is 0 Å². The number of hydrogen-bond donors (Lipinski definition) is 0. The second-order valence-electron chi connectivity index (χ2n) is 9.93. The summed E-state index contributed by atoms with van der Waals surface area (Å²) in [7, 11) is 0. The van der Waals surface area contributed by atoms with Crippen molar-refractivity contribution in [1.82, 2.24) is 0 Å². The van der Waals surface area contributed by atoms with E-state index in [9.17, 15) is 10.5 Å². The van der Waals surface area contributed by atoms with Crippen molar-refractivity contribution in [2.24, 2.45) is 10.1 Å². The van der Waals surface area contributed by atoms with Gasteiger partial charge in [0.25, 0.3) is 0 Å². The molecular formula is C36H16N6. The van der Waals surface area contributed by atoms with E-state index in [4.69, 9.17) is 13.1 Å². The Labute approximate surface area is 239 Å². The summed E-state index contributed by atoms with van der Waals surface area (Å²) in [5.74, 6) is 0. The van der Waals surface area contributed by atoms with E-state index in [2.05, 4.69) is 26.0 Å². The van der Waals surface area contributed by atoms with Crippen LogP contribution >= 0.6 is 0 Å². The highest BCUT2D eigenvalue weighted by atomic mass is 15.2. The smallest absolute Gasteiger partial charge is 0.206 e. The van der Waals surface area contributed by atoms with Gasteiger partial charge in [-0.15, -0.1) is 4.95 Å². The molecule has 0 spiro atoms. The molecule has 0 saturated heterocycles. The third-order valence-electron chi connectivity index (χ3n) is 7.74. The van der Waals surface area contributed by atoms with Gasteiger partial charge in [0.15, 0.2) is 11.0 Å². The quantitative estimate of drug-likeness (QED) is 0.128. The number of nitrogens with zero attached hydrogens (tertiary/aromatic N) is 6. The molecule has 0 fully saturated rings. The fourth-order valence-electron chi connectivity index (χ4n) is 5.89. The summed E-state index contributed by atoms with van der Waals surface area (Å²) in [6.45, 7) is 14.9. The topological polar surface area (TPSA) is 81.0 Å². The summed E-state index contributed by atoms with van der Waals surface area (Å²) < 4.78 is 0. The molecule has 0 radical (unpaired) electrons. The Balaban J connectivity index is 1.53. The molecule has 42 heavy (non-hydrogen) atoms. The van der Waals surface area contributed by atoms with Crippen LogP contribution in [0, 0.1) is 35.9 Å². The Bertz CT molecular complexity index is 2390. The van der Waals surface area contributed by atoms with Crippen LogP contribution in [-0.4, -0.2) is 0 Å². The second-order valence-corrected chi connectivity index (χ2v) is 9.93. The van der Waals surface area contributed by atoms with E-state index >= 15 is 0 Å². The van der Waals surface area contributed by atoms with Gasteiger partial charge >= 0.3 is 0 Å². The number of hydrogen-bond acceptors (Lipinski definition) is 4. The van der Waals surface area contributed by atoms with Gasteiger partial charge in [0, 0.05) is 21.5 Å². The van der Waals surface area contributed by atoms with Crippen LogP contribution < -0.4 is 10.7 Å². The van der Waals surface area contributed by atoms with Crippen molar-refractivity contribution >= 4 is 48.8 Å². The summed E-state index contributed by atoms with van der Waals surface area (Å²) in [5, 5.41) is 31.5. The summed E-state index contributed by atoms with van der Waals surface area (Å²) in [5.41, 5.74) is 4.82. The van der Waals surface area contributed by atoms with Gasteiger partial charge in [0.05, 0.1) is 28.7 Å². The van der Waals surface area contributed by atoms with Crippen molar-refractivity contribution in [3.63, 3.8) is 0 Å². The molecule has 0 aliphatic heterocycles. The molecule has 0 N–H and O–H groups in total. The van der Waals surface area contributed by atoms with Crippen LogP contribution in [0.1, 0.15) is 5.56 Å². The Morgan fingerprint density at radius 3 is 1.74 bits per heavy atom. The fraction of sp³-hybridized carbons (Fsp3) is 0. The molecule has 0 aliphatic carbocycles. The predicted molar refractivity (Wildman–Crippen MR) is 164 cm³/mol. The average molecular weight is 533 g/mol. The minimum Gasteiger partial charge on any atom is -0.238 e. The molecule has 0 unspecified atom stereocenters. The molecule has 0 amide bonds. The van der Waals surface area contributed by atoms with E-state index in [-0.39, 0.29) is 0 Å². The highest BCUT2D eigenvalue weighted by molar-refractivity contribution is 6.21. The molecule has 6 heteroatoms. The lowest BCUT2D eigenvalue weighted by atomic mass is 10.0. The third-order valence-corrected chi connectivity index (χ3v) is 7.74. The first kappa shape index (κ1) is 24.4. The van der Waals surface area contributed by atoms with Gasteiger partial charge in [-0.2, -0.15) is 22.1 Å². The fourth-order valence-corrected chi connectivity index (χ4v) is 5.89. The van der Waals surface area contributed by atoms with Crippen molar-refractivity contribution in [2.75, 3.05) is 0 Å². The monoisotopic (exact) mass is 532 g/mol. The molecule has 0 aliphatic rings. The average Bonchev–Trinajstić information content (AvgIpc) is 3.51. The largest absolute Gasteiger partial charge is 0.238 e. The number of nitriles is 2. The lowest BCUT2D eigenvalue weighted by molar-refractivity contribution is 1.37. The van der Waals surface area contributed by atoms with Crippen molar-refractivity contribution in [1.29, 1.82) is 10.5 Å². The van der Waals surface area contributed by atoms with Crippen LogP contribution in [-0.2, 0) is 0 Å². The van der Waals surface area contributed by atoms with Gasteiger partial charge in [0.1, 0.15) is 0 Å². The first-order valence-corrected chi connectivity index (χ1v) is 13.0. The van der Waals surface area contributed by atoms with Gasteiger partial charge in [-0.3, -0.25) is 0 Å². The molecule has 0 bridgehead atoms. The highest BCUT2D eigenvalue weighted by Crippen LogP contribution is 2.35. The van der Waals surface area contributed by atoms with E-state index in [1.807, 2.05) is 91.1 Å². The molecule has 190 valence electrons. The van der Waals surface area contributed by atoms with E-state index < -0.39 is 0 Å². The first-order valence-electron chi connectivity index (χ1n) is 13.0. The Morgan fingerprint density at radius 2 is 1.12 bits per heavy atom. The third kappa shape index (κ3) is 3.70. The SMILES string of the molecule is [C-]#[N+]/N=c1\c2cc(-c3cccc([N+]#[C-])c3)ccc2c2cc3/c(=N/C#N)c4cc(-c5cccc(C#N)c5)ccc4c3cc12. The van der Waals surface area contributed by atoms with Crippen molar-refractivity contribution in [3.05, 3.63) is 136 Å². The van der Waals surface area contributed by atoms with Gasteiger partial charge < -0.3 is 0 Å². The minimum atomic E-state index is 0.562. The lowest BCUT2D eigenvalue weighted by Crippen LogP contribution is -1.99. The molecule has 0 atom stereocenters. The Hall–Kier alpha value is -6.60. The van der Waals surface area contributed by atoms with Crippen molar-refractivity contribution in [3.8, 4) is 34.5 Å². The van der Waals surface area contributed by atoms with Crippen LogP contribution in [0.3, 0.4) is 0 Å². The summed E-state index contributed by atoms with van der Waals surface area (Å²) in [6.07, 6.45) is 1.98. The minimum absolute atomic E-state index is 0.562. The zero-order valence-corrected chi connectivity index (χ0v) is 21.9. The molecule has 7 aromatic carbocycles. The first-order chi connectivity index (χ1) is 20.6. The molecule has 7 rings (SSSR count). The van der Waals surface area contributed by atoms with Crippen LogP contribution in [0.4, 0.5) is 5.69 Å². The van der Waals surface area contributed by atoms with Crippen LogP contribution in [0.25, 0.3) is 75.1 Å². The van der Waals surface area contributed by atoms with Gasteiger partial charge in [0.2, 0.25) is 6.19 Å². The van der Waals surface area contributed by atoms with Gasteiger partial charge in [-0.25, -0.2) is 4.85 Å². The summed E-state index contributed by atoms with van der Waals surface area (Å²) >= 11 is 0. The summed E-state index contributed by atoms with van der Waals surface area (Å²) in [4.78, 5) is 11.2. The standard InChI is InChI=1S/C36H16N6/c1-39-26-8-4-7-23(14-26)25-10-12-28-30-17-33-29(18-34(30)36(42-40-2)32(28)16-25)27-11-9-24(15-31(27)35(33)41-20-38)22-6-3-5-21(13-22)19-37/h3-18H/b41-35+,42-36+. The highest BCUT2D eigenvalue weighted by Gasteiger charge is 2.17. The zero-order chi connectivity index (χ0) is 28.8. The molecule has 6 nitrogen and oxygen atoms in total. The van der Waals surface area contributed by atoms with Gasteiger partial charge in [-0.1, -0.05) is 54.6 Å². The molecular weight excluding hydrogens is 516 g/mol. The zero-order valence-electron chi connectivity index (χ0n) is 21.9. The number of rotatable bonds is 2. The molecule has 0 aromatic heterocycles. The normalized spacial score (nSPS) is 12.0. The maximum atomic E-state index is 9.63. The van der Waals surface area contributed by atoms with E-state index in [1.54, 1.807) is 12.1 Å². The van der Waals surface area contributed by atoms with E-state index in [0.29, 0.717) is 22.0 Å². The second kappa shape index (κ2) is 9.55. The van der Waals surface area contributed by atoms with Crippen molar-refractivity contribution < 1.29 is 0 Å². The summed E-state index contributed by atoms with van der Waals surface area (Å²) in [6, 6.07) is 33.2. The molecule has 0 saturated carbocycles. The Morgan fingerprint density at radius 1 is 0.548 bits per heavy atom. The Kier molecular flexibility index (Phi) is 5.56. The maximum absolute atomic E-state index is 9.63. The van der Waals surface area contributed by atoms with Crippen LogP contribution in [0.5, 0.6) is 0 Å². The van der Waals surface area contributed by atoms with Gasteiger partial charge in [-0.05, 0) is 86.3 Å². The van der Waals surface area contributed by atoms with Crippen LogP contribution in [0.2, 0.25) is 0 Å². The van der Waals surface area contributed by atoms with E-state index in [1.165, 1.54) is 0 Å². The number of benzene rings is 5. The maximum Gasteiger partial charge on any atom is 0.206 e.